The minimum Gasteiger partial charge on any atom is -0.494 e. The first kappa shape index (κ1) is 15.8. The Hall–Kier alpha value is -1.59. The molecule has 1 aromatic rings. The second-order valence-electron chi connectivity index (χ2n) is 5.35. The Kier molecular flexibility index (Phi) is 6.02. The van der Waals surface area contributed by atoms with Gasteiger partial charge in [0.15, 0.2) is 0 Å². The van der Waals surface area contributed by atoms with Crippen molar-refractivity contribution >= 4 is 5.91 Å². The first-order valence-corrected chi connectivity index (χ1v) is 7.47. The van der Waals surface area contributed by atoms with E-state index in [4.69, 9.17) is 15.2 Å². The molecule has 0 saturated carbocycles. The van der Waals surface area contributed by atoms with Crippen LogP contribution in [-0.2, 0) is 4.74 Å². The van der Waals surface area contributed by atoms with Crippen LogP contribution in [0.25, 0.3) is 0 Å². The monoisotopic (exact) mass is 292 g/mol. The van der Waals surface area contributed by atoms with Gasteiger partial charge in [0.25, 0.3) is 5.91 Å². The van der Waals surface area contributed by atoms with E-state index in [9.17, 15) is 4.79 Å². The van der Waals surface area contributed by atoms with Crippen molar-refractivity contribution < 1.29 is 14.3 Å². The number of amides is 1. The normalized spacial score (nSPS) is 16.0. The molecule has 21 heavy (non-hydrogen) atoms. The molecule has 0 aromatic heterocycles. The molecule has 1 aliphatic rings. The summed E-state index contributed by atoms with van der Waals surface area (Å²) in [4.78, 5) is 14.2. The Morgan fingerprint density at radius 2 is 1.90 bits per heavy atom. The number of hydrogen-bond donors (Lipinski definition) is 1. The van der Waals surface area contributed by atoms with E-state index in [0.29, 0.717) is 18.8 Å². The van der Waals surface area contributed by atoms with Crippen LogP contribution in [0.3, 0.4) is 0 Å². The average Bonchev–Trinajstić information content (AvgIpc) is 2.52. The summed E-state index contributed by atoms with van der Waals surface area (Å²) < 4.78 is 10.5. The minimum absolute atomic E-state index is 0.0767. The van der Waals surface area contributed by atoms with E-state index in [0.717, 1.165) is 38.1 Å². The number of ether oxygens (including phenoxy) is 2. The molecule has 0 spiro atoms. The Balaban J connectivity index is 1.85. The number of rotatable bonds is 6. The van der Waals surface area contributed by atoms with Crippen molar-refractivity contribution in [3.63, 3.8) is 0 Å². The molecule has 2 rings (SSSR count). The number of nitrogens with two attached hydrogens (primary N) is 1. The number of piperidine rings is 1. The molecule has 1 fully saturated rings. The molecular weight excluding hydrogens is 268 g/mol. The molecule has 1 heterocycles. The maximum atomic E-state index is 12.3. The summed E-state index contributed by atoms with van der Waals surface area (Å²) in [5, 5.41) is 0. The molecule has 0 unspecified atom stereocenters. The van der Waals surface area contributed by atoms with Crippen LogP contribution >= 0.6 is 0 Å². The summed E-state index contributed by atoms with van der Waals surface area (Å²) in [6.45, 7) is 2.79. The van der Waals surface area contributed by atoms with Crippen LogP contribution in [0.2, 0.25) is 0 Å². The third kappa shape index (κ3) is 4.72. The zero-order valence-electron chi connectivity index (χ0n) is 12.6. The van der Waals surface area contributed by atoms with Crippen LogP contribution in [0.1, 0.15) is 29.6 Å². The van der Waals surface area contributed by atoms with E-state index in [2.05, 4.69) is 0 Å². The van der Waals surface area contributed by atoms with E-state index >= 15 is 0 Å². The Bertz CT molecular complexity index is 439. The highest BCUT2D eigenvalue weighted by Gasteiger charge is 2.21. The van der Waals surface area contributed by atoms with Gasteiger partial charge in [-0.05, 0) is 37.1 Å². The first-order valence-electron chi connectivity index (χ1n) is 7.47. The van der Waals surface area contributed by atoms with Gasteiger partial charge in [0.05, 0.1) is 6.61 Å². The topological polar surface area (TPSA) is 64.8 Å². The van der Waals surface area contributed by atoms with Crippen molar-refractivity contribution in [2.75, 3.05) is 33.4 Å². The average molecular weight is 292 g/mol. The molecule has 0 atom stereocenters. The van der Waals surface area contributed by atoms with Gasteiger partial charge < -0.3 is 20.1 Å². The number of carbonyl (C=O) groups excluding carboxylic acids is 1. The van der Waals surface area contributed by atoms with Crippen LogP contribution in [0.5, 0.6) is 5.75 Å². The lowest BCUT2D eigenvalue weighted by atomic mass is 10.0. The maximum absolute atomic E-state index is 12.3. The van der Waals surface area contributed by atoms with Crippen molar-refractivity contribution in [2.45, 2.75) is 25.3 Å². The van der Waals surface area contributed by atoms with Crippen LogP contribution in [-0.4, -0.2) is 50.3 Å². The Labute approximate surface area is 126 Å². The molecule has 2 N–H and O–H groups in total. The molecule has 1 amide bonds. The lowest BCUT2D eigenvalue weighted by Crippen LogP contribution is -2.42. The van der Waals surface area contributed by atoms with Gasteiger partial charge in [-0.25, -0.2) is 0 Å². The van der Waals surface area contributed by atoms with Gasteiger partial charge >= 0.3 is 0 Å². The fourth-order valence-electron chi connectivity index (χ4n) is 2.37. The predicted octanol–water partition coefficient (Wildman–Crippen LogP) is 1.67. The molecule has 1 saturated heterocycles. The summed E-state index contributed by atoms with van der Waals surface area (Å²) in [6.07, 6.45) is 2.62. The van der Waals surface area contributed by atoms with Crippen molar-refractivity contribution in [1.29, 1.82) is 0 Å². The van der Waals surface area contributed by atoms with Gasteiger partial charge in [0.1, 0.15) is 5.75 Å². The number of nitrogens with zero attached hydrogens (tertiary/aromatic N) is 1. The molecule has 5 nitrogen and oxygen atoms in total. The first-order chi connectivity index (χ1) is 10.2. The Morgan fingerprint density at radius 3 is 2.52 bits per heavy atom. The fraction of sp³-hybridized carbons (Fsp3) is 0.562. The van der Waals surface area contributed by atoms with E-state index < -0.39 is 0 Å². The Morgan fingerprint density at radius 1 is 1.24 bits per heavy atom. The molecule has 1 aromatic carbocycles. The summed E-state index contributed by atoms with van der Waals surface area (Å²) in [7, 11) is 1.67. The van der Waals surface area contributed by atoms with Gasteiger partial charge in [0.2, 0.25) is 0 Å². The molecule has 0 aliphatic carbocycles. The highest BCUT2D eigenvalue weighted by molar-refractivity contribution is 5.94. The molecule has 1 aliphatic heterocycles. The molecule has 0 radical (unpaired) electrons. The zero-order valence-corrected chi connectivity index (χ0v) is 12.6. The van der Waals surface area contributed by atoms with Gasteiger partial charge in [0, 0.05) is 44.8 Å². The van der Waals surface area contributed by atoms with E-state index in [-0.39, 0.29) is 11.9 Å². The maximum Gasteiger partial charge on any atom is 0.253 e. The lowest BCUT2D eigenvalue weighted by molar-refractivity contribution is 0.0714. The van der Waals surface area contributed by atoms with Gasteiger partial charge in [-0.2, -0.15) is 0 Å². The third-order valence-corrected chi connectivity index (χ3v) is 3.69. The number of benzene rings is 1. The van der Waals surface area contributed by atoms with Crippen LogP contribution in [0, 0.1) is 0 Å². The van der Waals surface area contributed by atoms with Crippen molar-refractivity contribution in [3.05, 3.63) is 29.8 Å². The second-order valence-corrected chi connectivity index (χ2v) is 5.35. The third-order valence-electron chi connectivity index (χ3n) is 3.69. The van der Waals surface area contributed by atoms with E-state index in [1.165, 1.54) is 0 Å². The highest BCUT2D eigenvalue weighted by Crippen LogP contribution is 2.16. The number of carbonyl (C=O) groups is 1. The van der Waals surface area contributed by atoms with Crippen LogP contribution in [0.4, 0.5) is 0 Å². The van der Waals surface area contributed by atoms with E-state index in [1.54, 1.807) is 7.11 Å². The quantitative estimate of drug-likeness (QED) is 0.810. The SMILES string of the molecule is COCCCOc1ccc(C(=O)N2CCC(N)CC2)cc1. The van der Waals surface area contributed by atoms with Crippen molar-refractivity contribution in [2.24, 2.45) is 5.73 Å². The summed E-state index contributed by atoms with van der Waals surface area (Å²) in [5.41, 5.74) is 6.56. The van der Waals surface area contributed by atoms with Crippen molar-refractivity contribution in [3.8, 4) is 5.75 Å². The van der Waals surface area contributed by atoms with Crippen LogP contribution < -0.4 is 10.5 Å². The second kappa shape index (κ2) is 8.00. The summed E-state index contributed by atoms with van der Waals surface area (Å²) >= 11 is 0. The smallest absolute Gasteiger partial charge is 0.253 e. The molecular formula is C16H24N2O3. The lowest BCUT2D eigenvalue weighted by Gasteiger charge is -2.30. The summed E-state index contributed by atoms with van der Waals surface area (Å²) in [6, 6.07) is 7.56. The molecule has 0 bridgehead atoms. The predicted molar refractivity (Wildman–Crippen MR) is 81.5 cm³/mol. The number of likely N-dealkylation sites (tertiary alicyclic amines) is 1. The minimum atomic E-state index is 0.0767. The van der Waals surface area contributed by atoms with Gasteiger partial charge in [-0.15, -0.1) is 0 Å². The van der Waals surface area contributed by atoms with Gasteiger partial charge in [-0.3, -0.25) is 4.79 Å². The summed E-state index contributed by atoms with van der Waals surface area (Å²) in [5.74, 6) is 0.858. The number of methoxy groups -OCH3 is 1. The number of hydrogen-bond acceptors (Lipinski definition) is 4. The largest absolute Gasteiger partial charge is 0.494 e. The zero-order chi connectivity index (χ0) is 15.1. The molecule has 5 heteroatoms. The highest BCUT2D eigenvalue weighted by atomic mass is 16.5. The standard InChI is InChI=1S/C16H24N2O3/c1-20-11-2-12-21-15-5-3-13(4-6-15)16(19)18-9-7-14(17)8-10-18/h3-6,14H,2,7-12,17H2,1H3. The van der Waals surface area contributed by atoms with E-state index in [1.807, 2.05) is 29.2 Å². The van der Waals surface area contributed by atoms with Crippen molar-refractivity contribution in [1.82, 2.24) is 4.90 Å². The van der Waals surface area contributed by atoms with Crippen LogP contribution in [0.15, 0.2) is 24.3 Å². The van der Waals surface area contributed by atoms with Gasteiger partial charge in [-0.1, -0.05) is 0 Å². The fourth-order valence-corrected chi connectivity index (χ4v) is 2.37. The molecule has 116 valence electrons.